The molecule has 1 fully saturated rings. The zero-order valence-electron chi connectivity index (χ0n) is 16.5. The van der Waals surface area contributed by atoms with Crippen LogP contribution in [0.2, 0.25) is 0 Å². The van der Waals surface area contributed by atoms with E-state index in [2.05, 4.69) is 33.4 Å². The number of rotatable bonds is 9. The van der Waals surface area contributed by atoms with E-state index in [1.165, 1.54) is 11.8 Å². The van der Waals surface area contributed by atoms with Crippen LogP contribution < -0.4 is 10.1 Å². The third-order valence-electron chi connectivity index (χ3n) is 4.85. The maximum atomic E-state index is 12.2. The summed E-state index contributed by atoms with van der Waals surface area (Å²) in [5.74, 6) is 1.20. The van der Waals surface area contributed by atoms with Gasteiger partial charge in [0.05, 0.1) is 13.7 Å². The molecule has 1 amide bonds. The first kappa shape index (κ1) is 19.2. The number of carbonyl (C=O) groups excluding carboxylic acids is 1. The highest BCUT2D eigenvalue weighted by Gasteiger charge is 2.25. The fraction of sp³-hybridized carbons (Fsp3) is 0.304. The molecule has 0 bridgehead atoms. The van der Waals surface area contributed by atoms with Gasteiger partial charge in [-0.15, -0.1) is 0 Å². The quantitative estimate of drug-likeness (QED) is 0.601. The van der Waals surface area contributed by atoms with Crippen LogP contribution in [-0.2, 0) is 19.6 Å². The minimum Gasteiger partial charge on any atom is -0.497 e. The number of amides is 1. The summed E-state index contributed by atoms with van der Waals surface area (Å²) in [6.45, 7) is 1.95. The van der Waals surface area contributed by atoms with E-state index in [0.717, 1.165) is 30.7 Å². The van der Waals surface area contributed by atoms with E-state index in [9.17, 15) is 4.79 Å². The number of nitrogens with one attached hydrogen (secondary N) is 1. The first-order valence-corrected chi connectivity index (χ1v) is 9.84. The molecular formula is C23H25N3O3. The van der Waals surface area contributed by atoms with Gasteiger partial charge >= 0.3 is 0 Å². The predicted molar refractivity (Wildman–Crippen MR) is 109 cm³/mol. The van der Waals surface area contributed by atoms with Gasteiger partial charge in [0.15, 0.2) is 5.69 Å². The molecule has 150 valence electrons. The summed E-state index contributed by atoms with van der Waals surface area (Å²) in [6.07, 6.45) is 3.53. The molecule has 0 aliphatic heterocycles. The maximum absolute atomic E-state index is 12.2. The lowest BCUT2D eigenvalue weighted by atomic mass is 10.1. The smallest absolute Gasteiger partial charge is 0.273 e. The van der Waals surface area contributed by atoms with E-state index in [1.54, 1.807) is 7.11 Å². The van der Waals surface area contributed by atoms with Crippen LogP contribution in [0.1, 0.15) is 40.3 Å². The molecule has 1 aromatic heterocycles. The number of benzene rings is 2. The summed E-state index contributed by atoms with van der Waals surface area (Å²) in [4.78, 5) is 18.8. The Morgan fingerprint density at radius 2 is 1.86 bits per heavy atom. The second-order valence-electron chi connectivity index (χ2n) is 7.36. The minimum atomic E-state index is -0.162. The van der Waals surface area contributed by atoms with E-state index in [-0.39, 0.29) is 5.91 Å². The average molecular weight is 391 g/mol. The van der Waals surface area contributed by atoms with Crippen molar-refractivity contribution in [2.24, 2.45) is 0 Å². The average Bonchev–Trinajstić information content (AvgIpc) is 3.43. The number of hydrogen-bond acceptors (Lipinski definition) is 5. The molecule has 6 heteroatoms. The first-order chi connectivity index (χ1) is 14.2. The topological polar surface area (TPSA) is 67.6 Å². The summed E-state index contributed by atoms with van der Waals surface area (Å²) in [7, 11) is 1.67. The summed E-state index contributed by atoms with van der Waals surface area (Å²) in [5, 5.41) is 2.94. The monoisotopic (exact) mass is 391 g/mol. The van der Waals surface area contributed by atoms with Crippen LogP contribution in [0.5, 0.6) is 5.75 Å². The van der Waals surface area contributed by atoms with Gasteiger partial charge in [-0.25, -0.2) is 4.98 Å². The molecular weight excluding hydrogens is 366 g/mol. The van der Waals surface area contributed by atoms with Crippen molar-refractivity contribution in [1.29, 1.82) is 0 Å². The Bertz CT molecular complexity index is 951. The number of nitrogens with zero attached hydrogens (tertiary/aromatic N) is 2. The maximum Gasteiger partial charge on any atom is 0.273 e. The van der Waals surface area contributed by atoms with E-state index in [4.69, 9.17) is 9.15 Å². The van der Waals surface area contributed by atoms with Crippen molar-refractivity contribution in [3.05, 3.63) is 83.6 Å². The molecule has 4 rings (SSSR count). The Morgan fingerprint density at radius 3 is 2.62 bits per heavy atom. The minimum absolute atomic E-state index is 0.162. The summed E-state index contributed by atoms with van der Waals surface area (Å²) in [5.41, 5.74) is 2.68. The van der Waals surface area contributed by atoms with Gasteiger partial charge in [0, 0.05) is 19.1 Å². The largest absolute Gasteiger partial charge is 0.497 e. The molecule has 2 aromatic carbocycles. The fourth-order valence-corrected chi connectivity index (χ4v) is 3.20. The summed E-state index contributed by atoms with van der Waals surface area (Å²) >= 11 is 0. The number of carbonyl (C=O) groups is 1. The van der Waals surface area contributed by atoms with Gasteiger partial charge < -0.3 is 14.5 Å². The normalized spacial score (nSPS) is 13.4. The van der Waals surface area contributed by atoms with Crippen molar-refractivity contribution in [2.75, 3.05) is 7.11 Å². The van der Waals surface area contributed by atoms with Gasteiger partial charge in [-0.2, -0.15) is 0 Å². The number of ether oxygens (including phenoxy) is 1. The van der Waals surface area contributed by atoms with Gasteiger partial charge in [-0.05, 0) is 36.1 Å². The number of hydrogen-bond donors (Lipinski definition) is 1. The molecule has 29 heavy (non-hydrogen) atoms. The van der Waals surface area contributed by atoms with Gasteiger partial charge in [-0.1, -0.05) is 42.5 Å². The van der Waals surface area contributed by atoms with Gasteiger partial charge in [-0.3, -0.25) is 9.69 Å². The highest BCUT2D eigenvalue weighted by Crippen LogP contribution is 2.20. The molecule has 6 nitrogen and oxygen atoms in total. The molecule has 0 radical (unpaired) electrons. The second kappa shape index (κ2) is 8.92. The fourth-order valence-electron chi connectivity index (χ4n) is 3.20. The van der Waals surface area contributed by atoms with Crippen molar-refractivity contribution in [1.82, 2.24) is 15.2 Å². The molecule has 0 spiro atoms. The molecule has 1 saturated carbocycles. The highest BCUT2D eigenvalue weighted by atomic mass is 16.5. The van der Waals surface area contributed by atoms with Crippen LogP contribution in [-0.4, -0.2) is 28.9 Å². The van der Waals surface area contributed by atoms with Crippen LogP contribution >= 0.6 is 0 Å². The Hall–Kier alpha value is -3.12. The highest BCUT2D eigenvalue weighted by molar-refractivity contribution is 5.92. The van der Waals surface area contributed by atoms with Crippen molar-refractivity contribution < 1.29 is 13.9 Å². The summed E-state index contributed by atoms with van der Waals surface area (Å²) < 4.78 is 10.9. The molecule has 3 aromatic rings. The third kappa shape index (κ3) is 5.45. The molecule has 1 heterocycles. The van der Waals surface area contributed by atoms with Crippen molar-refractivity contribution in [2.45, 2.75) is 38.5 Å². The lowest BCUT2D eigenvalue weighted by Crippen LogP contribution is -2.26. The van der Waals surface area contributed by atoms with Crippen LogP contribution in [0.25, 0.3) is 0 Å². The Labute approximate surface area is 170 Å². The molecule has 0 saturated heterocycles. The zero-order valence-corrected chi connectivity index (χ0v) is 16.5. The molecule has 0 unspecified atom stereocenters. The molecule has 1 aliphatic carbocycles. The molecule has 1 aliphatic rings. The second-order valence-corrected chi connectivity index (χ2v) is 7.36. The van der Waals surface area contributed by atoms with Crippen LogP contribution in [0.3, 0.4) is 0 Å². The molecule has 0 atom stereocenters. The van der Waals surface area contributed by atoms with Gasteiger partial charge in [0.2, 0.25) is 5.89 Å². The van der Waals surface area contributed by atoms with Gasteiger partial charge in [0.25, 0.3) is 5.91 Å². The van der Waals surface area contributed by atoms with E-state index < -0.39 is 0 Å². The number of oxazole rings is 1. The van der Waals surface area contributed by atoms with Gasteiger partial charge in [0.1, 0.15) is 12.0 Å². The summed E-state index contributed by atoms with van der Waals surface area (Å²) in [6, 6.07) is 18.6. The SMILES string of the molecule is COc1cccc(CN(Cc2ccccc2)Cc2nc(C(=O)NC3CC3)co2)c1. The zero-order chi connectivity index (χ0) is 20.1. The Balaban J connectivity index is 1.48. The van der Waals surface area contributed by atoms with E-state index in [1.807, 2.05) is 36.4 Å². The lowest BCUT2D eigenvalue weighted by Gasteiger charge is -2.21. The van der Waals surface area contributed by atoms with Crippen LogP contribution in [0.4, 0.5) is 0 Å². The Kier molecular flexibility index (Phi) is 5.91. The first-order valence-electron chi connectivity index (χ1n) is 9.84. The van der Waals surface area contributed by atoms with E-state index >= 15 is 0 Å². The van der Waals surface area contributed by atoms with Crippen molar-refractivity contribution in [3.8, 4) is 5.75 Å². The number of aromatic nitrogens is 1. The molecule has 1 N–H and O–H groups in total. The van der Waals surface area contributed by atoms with Crippen LogP contribution in [0, 0.1) is 0 Å². The third-order valence-corrected chi connectivity index (χ3v) is 4.85. The standard InChI is InChI=1S/C23H25N3O3/c1-28-20-9-5-8-18(12-20)14-26(13-17-6-3-2-4-7-17)15-22-25-21(16-29-22)23(27)24-19-10-11-19/h2-9,12,16,19H,10-11,13-15H2,1H3,(H,24,27). The lowest BCUT2D eigenvalue weighted by molar-refractivity contribution is 0.0946. The predicted octanol–water partition coefficient (Wildman–Crippen LogP) is 3.78. The van der Waals surface area contributed by atoms with Crippen molar-refractivity contribution >= 4 is 5.91 Å². The van der Waals surface area contributed by atoms with Crippen molar-refractivity contribution in [3.63, 3.8) is 0 Å². The Morgan fingerprint density at radius 1 is 1.10 bits per heavy atom. The van der Waals surface area contributed by atoms with Crippen LogP contribution in [0.15, 0.2) is 65.3 Å². The van der Waals surface area contributed by atoms with E-state index in [0.29, 0.717) is 30.7 Å². The number of methoxy groups -OCH3 is 1.